The highest BCUT2D eigenvalue weighted by atomic mass is 16.5. The summed E-state index contributed by atoms with van der Waals surface area (Å²) in [5.74, 6) is -0.416. The Hall–Kier alpha value is -1.49. The lowest BCUT2D eigenvalue weighted by molar-refractivity contribution is 0.0459. The van der Waals surface area contributed by atoms with Gasteiger partial charge in [0, 0.05) is 18.9 Å². The Bertz CT molecular complexity index is 312. The minimum absolute atomic E-state index is 0.252. The molecule has 0 spiro atoms. The van der Waals surface area contributed by atoms with Crippen LogP contribution in [0.15, 0.2) is 18.6 Å². The fourth-order valence-electron chi connectivity index (χ4n) is 1.29. The summed E-state index contributed by atoms with van der Waals surface area (Å²) in [6.45, 7) is 7.20. The number of rotatable bonds is 6. The summed E-state index contributed by atoms with van der Waals surface area (Å²) < 4.78 is 5.08. The molecule has 0 amide bonds. The van der Waals surface area contributed by atoms with Gasteiger partial charge in [-0.25, -0.2) is 9.78 Å². The second kappa shape index (κ2) is 6.90. The zero-order chi connectivity index (χ0) is 11.8. The molecule has 1 heterocycles. The average Bonchev–Trinajstić information content (AvgIpc) is 2.35. The minimum atomic E-state index is -0.416. The quantitative estimate of drug-likeness (QED) is 0.673. The smallest absolute Gasteiger partial charge is 0.358 e. The topological polar surface area (TPSA) is 55.3 Å². The third-order valence-electron chi connectivity index (χ3n) is 2.31. The molecule has 88 valence electrons. The minimum Gasteiger partial charge on any atom is -0.460 e. The molecule has 0 unspecified atom stereocenters. The van der Waals surface area contributed by atoms with Crippen LogP contribution < -0.4 is 0 Å². The lowest BCUT2D eigenvalue weighted by atomic mass is 10.4. The zero-order valence-corrected chi connectivity index (χ0v) is 9.72. The first-order chi connectivity index (χ1) is 7.77. The van der Waals surface area contributed by atoms with Crippen LogP contribution >= 0.6 is 0 Å². The second-order valence-electron chi connectivity index (χ2n) is 3.25. The number of esters is 1. The molecule has 0 radical (unpaired) electrons. The highest BCUT2D eigenvalue weighted by Gasteiger charge is 2.08. The molecule has 0 aliphatic rings. The zero-order valence-electron chi connectivity index (χ0n) is 9.72. The molecular weight excluding hydrogens is 206 g/mol. The van der Waals surface area contributed by atoms with Crippen molar-refractivity contribution in [3.63, 3.8) is 0 Å². The summed E-state index contributed by atoms with van der Waals surface area (Å²) in [7, 11) is 0. The number of carbonyl (C=O) groups excluding carboxylic acids is 1. The van der Waals surface area contributed by atoms with Crippen molar-refractivity contribution in [2.45, 2.75) is 13.8 Å². The van der Waals surface area contributed by atoms with Crippen molar-refractivity contribution in [1.82, 2.24) is 14.9 Å². The lowest BCUT2D eigenvalue weighted by Gasteiger charge is -2.17. The third kappa shape index (κ3) is 3.94. The molecule has 16 heavy (non-hydrogen) atoms. The largest absolute Gasteiger partial charge is 0.460 e. The monoisotopic (exact) mass is 223 g/mol. The molecule has 0 bridgehead atoms. The fourth-order valence-corrected chi connectivity index (χ4v) is 1.29. The molecule has 0 saturated carbocycles. The summed E-state index contributed by atoms with van der Waals surface area (Å²) in [5.41, 5.74) is 0.252. The van der Waals surface area contributed by atoms with Gasteiger partial charge in [0.25, 0.3) is 0 Å². The van der Waals surface area contributed by atoms with Gasteiger partial charge in [0.1, 0.15) is 6.61 Å². The fraction of sp³-hybridized carbons (Fsp3) is 0.545. The van der Waals surface area contributed by atoms with Crippen molar-refractivity contribution >= 4 is 5.97 Å². The van der Waals surface area contributed by atoms with Gasteiger partial charge in [-0.3, -0.25) is 4.98 Å². The van der Waals surface area contributed by atoms with E-state index >= 15 is 0 Å². The van der Waals surface area contributed by atoms with Gasteiger partial charge in [-0.05, 0) is 13.1 Å². The van der Waals surface area contributed by atoms with Crippen molar-refractivity contribution < 1.29 is 9.53 Å². The first-order valence-corrected chi connectivity index (χ1v) is 5.43. The van der Waals surface area contributed by atoms with Crippen LogP contribution in [0.25, 0.3) is 0 Å². The maximum absolute atomic E-state index is 11.5. The number of hydrogen-bond donors (Lipinski definition) is 0. The Morgan fingerprint density at radius 3 is 2.69 bits per heavy atom. The predicted octanol–water partition coefficient (Wildman–Crippen LogP) is 0.975. The normalized spacial score (nSPS) is 10.4. The number of aromatic nitrogens is 2. The van der Waals surface area contributed by atoms with Crippen LogP contribution in [-0.2, 0) is 4.74 Å². The van der Waals surface area contributed by atoms with Crippen LogP contribution in [0.5, 0.6) is 0 Å². The van der Waals surface area contributed by atoms with E-state index in [0.717, 1.165) is 19.6 Å². The van der Waals surface area contributed by atoms with Gasteiger partial charge in [0.15, 0.2) is 5.69 Å². The summed E-state index contributed by atoms with van der Waals surface area (Å²) in [4.78, 5) is 21.3. The standard InChI is InChI=1S/C11H17N3O2/c1-3-14(4-2)7-8-16-11(15)10-9-12-5-6-13-10/h5-6,9H,3-4,7-8H2,1-2H3. The van der Waals surface area contributed by atoms with E-state index in [1.165, 1.54) is 18.6 Å². The summed E-state index contributed by atoms with van der Waals surface area (Å²) in [6, 6.07) is 0. The molecular formula is C11H17N3O2. The van der Waals surface area contributed by atoms with Gasteiger partial charge in [-0.1, -0.05) is 13.8 Å². The van der Waals surface area contributed by atoms with Crippen LogP contribution in [0.1, 0.15) is 24.3 Å². The molecule has 0 aliphatic carbocycles. The third-order valence-corrected chi connectivity index (χ3v) is 2.31. The van der Waals surface area contributed by atoms with Crippen LogP contribution in [0, 0.1) is 0 Å². The Morgan fingerprint density at radius 1 is 1.38 bits per heavy atom. The van der Waals surface area contributed by atoms with Crippen LogP contribution in [-0.4, -0.2) is 47.1 Å². The Balaban J connectivity index is 2.31. The molecule has 5 heteroatoms. The highest BCUT2D eigenvalue weighted by molar-refractivity contribution is 5.86. The van der Waals surface area contributed by atoms with Gasteiger partial charge in [-0.15, -0.1) is 0 Å². The van der Waals surface area contributed by atoms with Crippen molar-refractivity contribution in [2.75, 3.05) is 26.2 Å². The maximum Gasteiger partial charge on any atom is 0.358 e. The predicted molar refractivity (Wildman–Crippen MR) is 60.1 cm³/mol. The van der Waals surface area contributed by atoms with E-state index in [0.29, 0.717) is 6.61 Å². The molecule has 0 atom stereocenters. The number of nitrogens with zero attached hydrogens (tertiary/aromatic N) is 3. The summed E-state index contributed by atoms with van der Waals surface area (Å²) >= 11 is 0. The van der Waals surface area contributed by atoms with Crippen molar-refractivity contribution in [3.8, 4) is 0 Å². The van der Waals surface area contributed by atoms with Gasteiger partial charge in [0.2, 0.25) is 0 Å². The van der Waals surface area contributed by atoms with Crippen LogP contribution in [0.4, 0.5) is 0 Å². The van der Waals surface area contributed by atoms with Gasteiger partial charge in [-0.2, -0.15) is 0 Å². The van der Waals surface area contributed by atoms with Gasteiger partial charge >= 0.3 is 5.97 Å². The second-order valence-corrected chi connectivity index (χ2v) is 3.25. The maximum atomic E-state index is 11.5. The van der Waals surface area contributed by atoms with E-state index in [-0.39, 0.29) is 5.69 Å². The molecule has 0 saturated heterocycles. The molecule has 0 aromatic carbocycles. The molecule has 0 fully saturated rings. The van der Waals surface area contributed by atoms with E-state index in [4.69, 9.17) is 4.74 Å². The Kier molecular flexibility index (Phi) is 5.42. The molecule has 0 N–H and O–H groups in total. The molecule has 1 aromatic rings. The van der Waals surface area contributed by atoms with E-state index < -0.39 is 5.97 Å². The van der Waals surface area contributed by atoms with E-state index in [2.05, 4.69) is 28.7 Å². The van der Waals surface area contributed by atoms with Crippen molar-refractivity contribution in [2.24, 2.45) is 0 Å². The molecule has 1 aromatic heterocycles. The molecule has 0 aliphatic heterocycles. The highest BCUT2D eigenvalue weighted by Crippen LogP contribution is 1.95. The Morgan fingerprint density at radius 2 is 2.12 bits per heavy atom. The van der Waals surface area contributed by atoms with E-state index in [9.17, 15) is 4.79 Å². The summed E-state index contributed by atoms with van der Waals surface area (Å²) in [6.07, 6.45) is 4.40. The SMILES string of the molecule is CCN(CC)CCOC(=O)c1cnccn1. The summed E-state index contributed by atoms with van der Waals surface area (Å²) in [5, 5.41) is 0. The van der Waals surface area contributed by atoms with Gasteiger partial charge < -0.3 is 9.64 Å². The number of carbonyl (C=O) groups is 1. The average molecular weight is 223 g/mol. The Labute approximate surface area is 95.5 Å². The van der Waals surface area contributed by atoms with Crippen molar-refractivity contribution in [1.29, 1.82) is 0 Å². The van der Waals surface area contributed by atoms with Crippen LogP contribution in [0.2, 0.25) is 0 Å². The number of hydrogen-bond acceptors (Lipinski definition) is 5. The van der Waals surface area contributed by atoms with Gasteiger partial charge in [0.05, 0.1) is 6.20 Å². The first kappa shape index (κ1) is 12.6. The van der Waals surface area contributed by atoms with E-state index in [1.807, 2.05) is 0 Å². The lowest BCUT2D eigenvalue weighted by Crippen LogP contribution is -2.28. The van der Waals surface area contributed by atoms with Crippen LogP contribution in [0.3, 0.4) is 0 Å². The molecule has 5 nitrogen and oxygen atoms in total. The van der Waals surface area contributed by atoms with E-state index in [1.54, 1.807) is 0 Å². The first-order valence-electron chi connectivity index (χ1n) is 5.43. The van der Waals surface area contributed by atoms with Crippen molar-refractivity contribution in [3.05, 3.63) is 24.3 Å². The number of likely N-dealkylation sites (N-methyl/N-ethyl adjacent to an activating group) is 1. The molecule has 1 rings (SSSR count). The number of ether oxygens (including phenoxy) is 1.